The summed E-state index contributed by atoms with van der Waals surface area (Å²) in [5.74, 6) is 0. The second-order valence-corrected chi connectivity index (χ2v) is 3.52. The van der Waals surface area contributed by atoms with Crippen LogP contribution in [0.5, 0.6) is 0 Å². The van der Waals surface area contributed by atoms with Crippen molar-refractivity contribution in [3.63, 3.8) is 0 Å². The van der Waals surface area contributed by atoms with Crippen LogP contribution in [0.4, 0.5) is 0 Å². The smallest absolute Gasteiger partial charge is 0.0801 e. The molecule has 0 N–H and O–H groups in total. The molecule has 3 nitrogen and oxygen atoms in total. The maximum atomic E-state index is 4.18. The van der Waals surface area contributed by atoms with E-state index < -0.39 is 0 Å². The van der Waals surface area contributed by atoms with Crippen molar-refractivity contribution in [2.24, 2.45) is 7.05 Å². The average Bonchev–Trinajstić information content (AvgIpc) is 2.58. The number of rotatable bonds is 1. The fraction of sp³-hybridized carbons (Fsp3) is 0.250. The standard InChI is InChI=1S/C8H9N3S/c1-6-8(12-5-9-6)7-3-10-11(2)4-7/h3-5H,1-2H3. The minimum Gasteiger partial charge on any atom is -0.275 e. The number of aromatic nitrogens is 3. The highest BCUT2D eigenvalue weighted by Gasteiger charge is 2.05. The van der Waals surface area contributed by atoms with Crippen LogP contribution in [0.15, 0.2) is 17.9 Å². The topological polar surface area (TPSA) is 30.7 Å². The Labute approximate surface area is 74.7 Å². The van der Waals surface area contributed by atoms with Crippen LogP contribution in [-0.2, 0) is 7.05 Å². The largest absolute Gasteiger partial charge is 0.275 e. The first-order chi connectivity index (χ1) is 5.77. The lowest BCUT2D eigenvalue weighted by molar-refractivity contribution is 0.768. The molecule has 0 amide bonds. The van der Waals surface area contributed by atoms with E-state index in [9.17, 15) is 0 Å². The summed E-state index contributed by atoms with van der Waals surface area (Å²) >= 11 is 1.65. The van der Waals surface area contributed by atoms with Crippen LogP contribution in [0.25, 0.3) is 10.4 Å². The highest BCUT2D eigenvalue weighted by atomic mass is 32.1. The van der Waals surface area contributed by atoms with Gasteiger partial charge in [-0.1, -0.05) is 0 Å². The third kappa shape index (κ3) is 1.14. The molecule has 0 bridgehead atoms. The fourth-order valence-electron chi connectivity index (χ4n) is 1.12. The van der Waals surface area contributed by atoms with E-state index in [0.717, 1.165) is 11.3 Å². The quantitative estimate of drug-likeness (QED) is 0.669. The van der Waals surface area contributed by atoms with Gasteiger partial charge in [0.25, 0.3) is 0 Å². The van der Waals surface area contributed by atoms with E-state index >= 15 is 0 Å². The van der Waals surface area contributed by atoms with E-state index in [0.29, 0.717) is 0 Å². The number of thiazole rings is 1. The molecule has 0 atom stereocenters. The molecule has 0 aliphatic carbocycles. The van der Waals surface area contributed by atoms with Gasteiger partial charge < -0.3 is 0 Å². The molecule has 12 heavy (non-hydrogen) atoms. The van der Waals surface area contributed by atoms with Gasteiger partial charge in [0.1, 0.15) is 0 Å². The van der Waals surface area contributed by atoms with Gasteiger partial charge in [-0.15, -0.1) is 11.3 Å². The second kappa shape index (κ2) is 2.71. The minimum absolute atomic E-state index is 1.08. The molecule has 2 rings (SSSR count). The number of nitrogens with zero attached hydrogens (tertiary/aromatic N) is 3. The van der Waals surface area contributed by atoms with Crippen molar-refractivity contribution in [1.82, 2.24) is 14.8 Å². The normalized spacial score (nSPS) is 10.5. The van der Waals surface area contributed by atoms with Crippen molar-refractivity contribution >= 4 is 11.3 Å². The van der Waals surface area contributed by atoms with Crippen LogP contribution in [-0.4, -0.2) is 14.8 Å². The van der Waals surface area contributed by atoms with Gasteiger partial charge in [-0.3, -0.25) is 4.68 Å². The number of aryl methyl sites for hydroxylation is 2. The Balaban J connectivity index is 2.50. The number of hydrogen-bond acceptors (Lipinski definition) is 3. The lowest BCUT2D eigenvalue weighted by Gasteiger charge is -1.90. The second-order valence-electron chi connectivity index (χ2n) is 2.67. The van der Waals surface area contributed by atoms with E-state index in [-0.39, 0.29) is 0 Å². The first kappa shape index (κ1) is 7.49. The Morgan fingerprint density at radius 2 is 2.33 bits per heavy atom. The highest BCUT2D eigenvalue weighted by Crippen LogP contribution is 2.25. The summed E-state index contributed by atoms with van der Waals surface area (Å²) in [6, 6.07) is 0. The maximum Gasteiger partial charge on any atom is 0.0801 e. The summed E-state index contributed by atoms with van der Waals surface area (Å²) < 4.78 is 1.80. The summed E-state index contributed by atoms with van der Waals surface area (Å²) in [6.07, 6.45) is 3.86. The summed E-state index contributed by atoms with van der Waals surface area (Å²) in [6.45, 7) is 2.01. The Bertz CT molecular complexity index is 388. The molecular formula is C8H9N3S. The molecule has 0 saturated heterocycles. The third-order valence-electron chi connectivity index (χ3n) is 1.71. The molecule has 0 fully saturated rings. The molecule has 0 radical (unpaired) electrons. The van der Waals surface area contributed by atoms with Crippen molar-refractivity contribution in [2.45, 2.75) is 6.92 Å². The predicted octanol–water partition coefficient (Wildman–Crippen LogP) is 1.85. The zero-order valence-electron chi connectivity index (χ0n) is 6.98. The van der Waals surface area contributed by atoms with E-state index in [4.69, 9.17) is 0 Å². The summed E-state index contributed by atoms with van der Waals surface area (Å²) in [5.41, 5.74) is 4.09. The van der Waals surface area contributed by atoms with Gasteiger partial charge in [0.15, 0.2) is 0 Å². The molecule has 0 aliphatic rings. The van der Waals surface area contributed by atoms with Gasteiger partial charge in [0.05, 0.1) is 22.3 Å². The molecule has 0 aliphatic heterocycles. The predicted molar refractivity (Wildman–Crippen MR) is 49.1 cm³/mol. The Morgan fingerprint density at radius 3 is 2.83 bits per heavy atom. The first-order valence-corrected chi connectivity index (χ1v) is 4.54. The van der Waals surface area contributed by atoms with Gasteiger partial charge in [-0.25, -0.2) is 4.98 Å². The zero-order valence-corrected chi connectivity index (χ0v) is 7.80. The molecule has 0 unspecified atom stereocenters. The van der Waals surface area contributed by atoms with Crippen molar-refractivity contribution < 1.29 is 0 Å². The minimum atomic E-state index is 1.08. The van der Waals surface area contributed by atoms with Gasteiger partial charge in [0.2, 0.25) is 0 Å². The van der Waals surface area contributed by atoms with Crippen molar-refractivity contribution in [2.75, 3.05) is 0 Å². The molecule has 4 heteroatoms. The molecular weight excluding hydrogens is 170 g/mol. The summed E-state index contributed by atoms with van der Waals surface area (Å²) in [5, 5.41) is 4.11. The molecule has 2 heterocycles. The van der Waals surface area contributed by atoms with Crippen LogP contribution in [0.2, 0.25) is 0 Å². The Hall–Kier alpha value is -1.16. The fourth-order valence-corrected chi connectivity index (χ4v) is 1.90. The molecule has 2 aromatic rings. The van der Waals surface area contributed by atoms with Gasteiger partial charge in [0, 0.05) is 18.8 Å². The molecule has 62 valence electrons. The van der Waals surface area contributed by atoms with Crippen LogP contribution < -0.4 is 0 Å². The van der Waals surface area contributed by atoms with Crippen molar-refractivity contribution in [3.05, 3.63) is 23.6 Å². The van der Waals surface area contributed by atoms with Crippen LogP contribution >= 0.6 is 11.3 Å². The van der Waals surface area contributed by atoms with Crippen LogP contribution in [0, 0.1) is 6.92 Å². The van der Waals surface area contributed by atoms with E-state index in [1.165, 1.54) is 4.88 Å². The zero-order chi connectivity index (χ0) is 8.55. The molecule has 0 saturated carbocycles. The Morgan fingerprint density at radius 1 is 1.50 bits per heavy atom. The van der Waals surface area contributed by atoms with Gasteiger partial charge in [-0.2, -0.15) is 5.10 Å². The van der Waals surface area contributed by atoms with Crippen molar-refractivity contribution in [1.29, 1.82) is 0 Å². The highest BCUT2D eigenvalue weighted by molar-refractivity contribution is 7.13. The van der Waals surface area contributed by atoms with E-state index in [2.05, 4.69) is 10.1 Å². The number of hydrogen-bond donors (Lipinski definition) is 0. The molecule has 0 spiro atoms. The van der Waals surface area contributed by atoms with Crippen LogP contribution in [0.3, 0.4) is 0 Å². The first-order valence-electron chi connectivity index (χ1n) is 3.66. The lowest BCUT2D eigenvalue weighted by atomic mass is 10.2. The average molecular weight is 179 g/mol. The lowest BCUT2D eigenvalue weighted by Crippen LogP contribution is -1.84. The summed E-state index contributed by atoms with van der Waals surface area (Å²) in [7, 11) is 1.92. The van der Waals surface area contributed by atoms with Gasteiger partial charge in [-0.05, 0) is 6.92 Å². The third-order valence-corrected chi connectivity index (χ3v) is 2.69. The maximum absolute atomic E-state index is 4.18. The molecule has 0 aromatic carbocycles. The van der Waals surface area contributed by atoms with Gasteiger partial charge >= 0.3 is 0 Å². The summed E-state index contributed by atoms with van der Waals surface area (Å²) in [4.78, 5) is 5.39. The monoisotopic (exact) mass is 179 g/mol. The van der Waals surface area contributed by atoms with E-state index in [1.54, 1.807) is 16.0 Å². The van der Waals surface area contributed by atoms with Crippen LogP contribution in [0.1, 0.15) is 5.69 Å². The molecule has 2 aromatic heterocycles. The van der Waals surface area contributed by atoms with Crippen molar-refractivity contribution in [3.8, 4) is 10.4 Å². The van der Waals surface area contributed by atoms with E-state index in [1.807, 2.05) is 31.9 Å². The SMILES string of the molecule is Cc1ncsc1-c1cnn(C)c1. The Kier molecular flexibility index (Phi) is 1.69.